The van der Waals surface area contributed by atoms with E-state index in [1.165, 1.54) is 18.3 Å². The molecule has 5 nitrogen and oxygen atoms in total. The summed E-state index contributed by atoms with van der Waals surface area (Å²) < 4.78 is 12.9. The number of rotatable bonds is 5. The third-order valence-electron chi connectivity index (χ3n) is 3.65. The summed E-state index contributed by atoms with van der Waals surface area (Å²) in [5.41, 5.74) is 2.08. The quantitative estimate of drug-likeness (QED) is 0.738. The van der Waals surface area contributed by atoms with E-state index in [9.17, 15) is 14.0 Å². The lowest BCUT2D eigenvalue weighted by molar-refractivity contribution is -0.115. The lowest BCUT2D eigenvalue weighted by Gasteiger charge is -2.12. The fourth-order valence-electron chi connectivity index (χ4n) is 2.37. The molecular formula is C20H16FN3O2. The molecule has 0 aliphatic carbocycles. The zero-order valence-corrected chi connectivity index (χ0v) is 13.8. The van der Waals surface area contributed by atoms with Crippen LogP contribution in [-0.4, -0.2) is 16.8 Å². The number of amides is 2. The highest BCUT2D eigenvalue weighted by Crippen LogP contribution is 2.22. The first-order chi connectivity index (χ1) is 12.6. The van der Waals surface area contributed by atoms with Gasteiger partial charge in [0.25, 0.3) is 5.91 Å². The molecule has 0 saturated heterocycles. The van der Waals surface area contributed by atoms with Crippen molar-refractivity contribution in [2.75, 3.05) is 10.6 Å². The van der Waals surface area contributed by atoms with Crippen molar-refractivity contribution in [3.8, 4) is 0 Å². The van der Waals surface area contributed by atoms with Gasteiger partial charge in [0.05, 0.1) is 23.4 Å². The molecular weight excluding hydrogens is 333 g/mol. The van der Waals surface area contributed by atoms with Crippen molar-refractivity contribution >= 4 is 23.2 Å². The number of carbonyl (C=O) groups excluding carboxylic acids is 2. The zero-order valence-electron chi connectivity index (χ0n) is 13.8. The van der Waals surface area contributed by atoms with Crippen LogP contribution in [0.1, 0.15) is 15.9 Å². The van der Waals surface area contributed by atoms with E-state index in [4.69, 9.17) is 0 Å². The molecule has 130 valence electrons. The van der Waals surface area contributed by atoms with Crippen LogP contribution in [0, 0.1) is 5.82 Å². The molecule has 0 aliphatic rings. The minimum Gasteiger partial charge on any atom is -0.324 e. The summed E-state index contributed by atoms with van der Waals surface area (Å²) >= 11 is 0. The van der Waals surface area contributed by atoms with E-state index in [1.807, 2.05) is 0 Å². The zero-order chi connectivity index (χ0) is 18.4. The molecule has 0 unspecified atom stereocenters. The Morgan fingerprint density at radius 1 is 0.885 bits per heavy atom. The molecule has 0 bridgehead atoms. The number of halogens is 1. The minimum atomic E-state index is -0.349. The predicted octanol–water partition coefficient (Wildman–Crippen LogP) is 3.65. The third-order valence-corrected chi connectivity index (χ3v) is 3.65. The van der Waals surface area contributed by atoms with Gasteiger partial charge in [0.15, 0.2) is 0 Å². The van der Waals surface area contributed by atoms with Gasteiger partial charge in [-0.05, 0) is 42.0 Å². The maximum Gasteiger partial charge on any atom is 0.257 e. The van der Waals surface area contributed by atoms with Crippen LogP contribution in [0.5, 0.6) is 0 Å². The molecule has 0 fully saturated rings. The van der Waals surface area contributed by atoms with E-state index >= 15 is 0 Å². The number of hydrogen-bond acceptors (Lipinski definition) is 3. The molecule has 1 aromatic heterocycles. The molecule has 0 saturated carbocycles. The monoisotopic (exact) mass is 349 g/mol. The number of nitrogens with zero attached hydrogens (tertiary/aromatic N) is 1. The Kier molecular flexibility index (Phi) is 5.34. The molecule has 0 aliphatic heterocycles. The largest absolute Gasteiger partial charge is 0.324 e. The summed E-state index contributed by atoms with van der Waals surface area (Å²) in [4.78, 5) is 28.4. The molecule has 0 spiro atoms. The van der Waals surface area contributed by atoms with Crippen LogP contribution in [0.25, 0.3) is 0 Å². The number of nitrogens with one attached hydrogen (secondary N) is 2. The van der Waals surface area contributed by atoms with Gasteiger partial charge in [-0.15, -0.1) is 0 Å². The number of carbonyl (C=O) groups is 2. The molecule has 2 aromatic carbocycles. The second kappa shape index (κ2) is 8.02. The number of aromatic nitrogens is 1. The van der Waals surface area contributed by atoms with E-state index in [2.05, 4.69) is 15.6 Å². The molecule has 0 radical (unpaired) electrons. The smallest absolute Gasteiger partial charge is 0.257 e. The summed E-state index contributed by atoms with van der Waals surface area (Å²) in [6, 6.07) is 16.0. The van der Waals surface area contributed by atoms with Gasteiger partial charge in [-0.25, -0.2) is 4.39 Å². The van der Waals surface area contributed by atoms with Crippen LogP contribution in [0.4, 0.5) is 15.8 Å². The average molecular weight is 349 g/mol. The molecule has 26 heavy (non-hydrogen) atoms. The molecule has 3 aromatic rings. The second-order valence-corrected chi connectivity index (χ2v) is 5.59. The Balaban J connectivity index is 1.69. The van der Waals surface area contributed by atoms with Gasteiger partial charge in [-0.2, -0.15) is 0 Å². The van der Waals surface area contributed by atoms with Crippen molar-refractivity contribution in [2.45, 2.75) is 6.42 Å². The van der Waals surface area contributed by atoms with Gasteiger partial charge < -0.3 is 10.6 Å². The van der Waals surface area contributed by atoms with E-state index in [0.717, 1.165) is 0 Å². The molecule has 2 amide bonds. The number of benzene rings is 2. The molecule has 2 N–H and O–H groups in total. The van der Waals surface area contributed by atoms with Crippen molar-refractivity contribution in [3.05, 3.63) is 90.0 Å². The summed E-state index contributed by atoms with van der Waals surface area (Å²) in [5, 5.41) is 5.53. The number of hydrogen-bond donors (Lipinski definition) is 2. The number of para-hydroxylation sites is 2. The lowest BCUT2D eigenvalue weighted by atomic mass is 10.1. The van der Waals surface area contributed by atoms with Crippen LogP contribution in [0.2, 0.25) is 0 Å². The number of anilines is 2. The maximum absolute atomic E-state index is 12.9. The standard InChI is InChI=1S/C20H16FN3O2/c21-16-9-7-14(8-10-16)12-19(25)23-17-5-1-2-6-18(17)24-20(26)15-4-3-11-22-13-15/h1-11,13H,12H2,(H,23,25)(H,24,26). The van der Waals surface area contributed by atoms with Gasteiger partial charge in [-0.1, -0.05) is 24.3 Å². The summed E-state index contributed by atoms with van der Waals surface area (Å²) in [5.74, 6) is -0.935. The van der Waals surface area contributed by atoms with Crippen molar-refractivity contribution in [2.24, 2.45) is 0 Å². The Bertz CT molecular complexity index is 912. The van der Waals surface area contributed by atoms with Gasteiger partial charge in [0, 0.05) is 12.4 Å². The van der Waals surface area contributed by atoms with Crippen molar-refractivity contribution < 1.29 is 14.0 Å². The Labute approximate surface area is 149 Å². The Morgan fingerprint density at radius 2 is 1.58 bits per heavy atom. The first-order valence-corrected chi connectivity index (χ1v) is 7.96. The van der Waals surface area contributed by atoms with Crippen molar-refractivity contribution in [1.29, 1.82) is 0 Å². The van der Waals surface area contributed by atoms with Crippen molar-refractivity contribution in [3.63, 3.8) is 0 Å². The van der Waals surface area contributed by atoms with Gasteiger partial charge in [-0.3, -0.25) is 14.6 Å². The summed E-state index contributed by atoms with van der Waals surface area (Å²) in [6.45, 7) is 0. The highest BCUT2D eigenvalue weighted by molar-refractivity contribution is 6.07. The lowest BCUT2D eigenvalue weighted by Crippen LogP contribution is -2.18. The van der Waals surface area contributed by atoms with Crippen LogP contribution in [-0.2, 0) is 11.2 Å². The van der Waals surface area contributed by atoms with Crippen LogP contribution < -0.4 is 10.6 Å². The highest BCUT2D eigenvalue weighted by Gasteiger charge is 2.11. The van der Waals surface area contributed by atoms with E-state index in [0.29, 0.717) is 22.5 Å². The third kappa shape index (κ3) is 4.51. The maximum atomic E-state index is 12.9. The van der Waals surface area contributed by atoms with Crippen LogP contribution >= 0.6 is 0 Å². The van der Waals surface area contributed by atoms with Gasteiger partial charge >= 0.3 is 0 Å². The highest BCUT2D eigenvalue weighted by atomic mass is 19.1. The topological polar surface area (TPSA) is 71.1 Å². The summed E-state index contributed by atoms with van der Waals surface area (Å²) in [6.07, 6.45) is 3.15. The first-order valence-electron chi connectivity index (χ1n) is 7.96. The number of pyridine rings is 1. The van der Waals surface area contributed by atoms with Crippen LogP contribution in [0.15, 0.2) is 73.1 Å². The average Bonchev–Trinajstić information content (AvgIpc) is 2.66. The predicted molar refractivity (Wildman–Crippen MR) is 97.4 cm³/mol. The summed E-state index contributed by atoms with van der Waals surface area (Å²) in [7, 11) is 0. The van der Waals surface area contributed by atoms with E-state index < -0.39 is 0 Å². The van der Waals surface area contributed by atoms with Gasteiger partial charge in [0.2, 0.25) is 5.91 Å². The molecule has 6 heteroatoms. The Morgan fingerprint density at radius 3 is 2.23 bits per heavy atom. The van der Waals surface area contributed by atoms with E-state index in [1.54, 1.807) is 54.7 Å². The SMILES string of the molecule is O=C(Cc1ccc(F)cc1)Nc1ccccc1NC(=O)c1cccnc1. The fourth-order valence-corrected chi connectivity index (χ4v) is 2.37. The van der Waals surface area contributed by atoms with Crippen molar-refractivity contribution in [1.82, 2.24) is 4.98 Å². The molecule has 3 rings (SSSR count). The van der Waals surface area contributed by atoms with Crippen LogP contribution in [0.3, 0.4) is 0 Å². The minimum absolute atomic E-state index is 0.102. The first kappa shape index (κ1) is 17.3. The van der Waals surface area contributed by atoms with Gasteiger partial charge in [0.1, 0.15) is 5.82 Å². The second-order valence-electron chi connectivity index (χ2n) is 5.59. The van der Waals surface area contributed by atoms with E-state index in [-0.39, 0.29) is 24.1 Å². The normalized spacial score (nSPS) is 10.2. The molecule has 0 atom stereocenters. The fraction of sp³-hybridized carbons (Fsp3) is 0.0500. The molecule has 1 heterocycles. The Hall–Kier alpha value is -3.54.